The Balaban J connectivity index is 4.97. The molecule has 0 heterocycles. The van der Waals surface area contributed by atoms with Gasteiger partial charge in [0.05, 0.1) is 0 Å². The van der Waals surface area contributed by atoms with Gasteiger partial charge in [-0.3, -0.25) is 0 Å². The fourth-order valence-electron chi connectivity index (χ4n) is 1.15. The Hall–Kier alpha value is -0.330. The molecule has 0 atom stereocenters. The predicted molar refractivity (Wildman–Crippen MR) is 55.8 cm³/mol. The molecule has 0 saturated carbocycles. The smallest absolute Gasteiger partial charge is 0.00491 e. The van der Waals surface area contributed by atoms with E-state index in [2.05, 4.69) is 48.5 Å². The highest BCUT2D eigenvalue weighted by molar-refractivity contribution is 5.62. The van der Waals surface area contributed by atoms with E-state index >= 15 is 0 Å². The summed E-state index contributed by atoms with van der Waals surface area (Å²) < 4.78 is 0. The van der Waals surface area contributed by atoms with E-state index in [0.717, 1.165) is 0 Å². The van der Waals surface area contributed by atoms with Crippen molar-refractivity contribution in [3.63, 3.8) is 0 Å². The van der Waals surface area contributed by atoms with Crippen LogP contribution in [0.25, 0.3) is 0 Å². The maximum atomic E-state index is 7.42. The van der Waals surface area contributed by atoms with Crippen molar-refractivity contribution in [2.24, 2.45) is 16.2 Å². The zero-order chi connectivity index (χ0) is 10.2. The third-order valence-electron chi connectivity index (χ3n) is 3.85. The molecule has 0 aliphatic heterocycles. The first-order valence-corrected chi connectivity index (χ1v) is 4.58. The van der Waals surface area contributed by atoms with Crippen LogP contribution in [0.5, 0.6) is 0 Å². The first-order chi connectivity index (χ1) is 5.06. The predicted octanol–water partition coefficient (Wildman–Crippen LogP) is 3.73. The molecule has 0 aromatic heterocycles. The molecule has 1 heteroatoms. The van der Waals surface area contributed by atoms with Crippen LogP contribution in [0.15, 0.2) is 0 Å². The Labute approximate surface area is 77.1 Å². The average molecular weight is 169 g/mol. The summed E-state index contributed by atoms with van der Waals surface area (Å²) >= 11 is 0. The minimum atomic E-state index is -0.0365. The van der Waals surface area contributed by atoms with Crippen LogP contribution in [0, 0.1) is 21.7 Å². The minimum absolute atomic E-state index is 0.0365. The van der Waals surface area contributed by atoms with Gasteiger partial charge in [0, 0.05) is 11.6 Å². The fourth-order valence-corrected chi connectivity index (χ4v) is 1.15. The molecular weight excluding hydrogens is 146 g/mol. The normalized spacial score (nSPS) is 14.6. The van der Waals surface area contributed by atoms with Gasteiger partial charge in [-0.1, -0.05) is 48.5 Å². The Bertz CT molecular complexity index is 170. The van der Waals surface area contributed by atoms with E-state index in [1.54, 1.807) is 6.21 Å². The quantitative estimate of drug-likeness (QED) is 0.609. The minimum Gasteiger partial charge on any atom is -0.313 e. The Kier molecular flexibility index (Phi) is 2.78. The van der Waals surface area contributed by atoms with E-state index in [0.29, 0.717) is 0 Å². The molecule has 0 amide bonds. The van der Waals surface area contributed by atoms with Crippen molar-refractivity contribution in [2.45, 2.75) is 48.5 Å². The van der Waals surface area contributed by atoms with Gasteiger partial charge in [-0.2, -0.15) is 0 Å². The van der Waals surface area contributed by atoms with E-state index in [9.17, 15) is 0 Å². The van der Waals surface area contributed by atoms with E-state index in [1.165, 1.54) is 0 Å². The monoisotopic (exact) mass is 169 g/mol. The summed E-state index contributed by atoms with van der Waals surface area (Å²) in [6.07, 6.45) is 1.57. The lowest BCUT2D eigenvalue weighted by atomic mass is 9.56. The van der Waals surface area contributed by atoms with E-state index in [1.807, 2.05) is 0 Å². The molecule has 0 aromatic rings. The van der Waals surface area contributed by atoms with E-state index in [-0.39, 0.29) is 16.2 Å². The van der Waals surface area contributed by atoms with Crippen molar-refractivity contribution in [1.29, 1.82) is 5.41 Å². The van der Waals surface area contributed by atoms with Crippen molar-refractivity contribution < 1.29 is 0 Å². The van der Waals surface area contributed by atoms with Gasteiger partial charge in [-0.15, -0.1) is 0 Å². The van der Waals surface area contributed by atoms with Gasteiger partial charge in [0.1, 0.15) is 0 Å². The molecule has 0 bridgehead atoms. The van der Waals surface area contributed by atoms with Gasteiger partial charge in [-0.05, 0) is 10.8 Å². The zero-order valence-corrected chi connectivity index (χ0v) is 9.58. The molecule has 72 valence electrons. The molecule has 1 nitrogen and oxygen atoms in total. The molecule has 0 rings (SSSR count). The maximum Gasteiger partial charge on any atom is 0.00491 e. The molecule has 12 heavy (non-hydrogen) atoms. The molecule has 0 radical (unpaired) electrons. The first kappa shape index (κ1) is 11.7. The van der Waals surface area contributed by atoms with Crippen LogP contribution in [-0.2, 0) is 0 Å². The molecular formula is C11H23N. The summed E-state index contributed by atoms with van der Waals surface area (Å²) in [6.45, 7) is 15.4. The highest BCUT2D eigenvalue weighted by Crippen LogP contribution is 2.49. The molecule has 0 spiro atoms. The lowest BCUT2D eigenvalue weighted by Crippen LogP contribution is -2.43. The standard InChI is InChI=1S/C11H23N/c1-9(2,3)11(6,7)10(4,5)8-12/h8,12H,1-7H3. The summed E-state index contributed by atoms with van der Waals surface area (Å²) in [5.41, 5.74) is 0.334. The third kappa shape index (κ3) is 1.70. The van der Waals surface area contributed by atoms with Gasteiger partial charge in [0.15, 0.2) is 0 Å². The number of nitrogens with one attached hydrogen (secondary N) is 1. The van der Waals surface area contributed by atoms with Crippen LogP contribution >= 0.6 is 0 Å². The Morgan fingerprint density at radius 3 is 1.25 bits per heavy atom. The lowest BCUT2D eigenvalue weighted by Gasteiger charge is -2.48. The van der Waals surface area contributed by atoms with Crippen molar-refractivity contribution >= 4 is 6.21 Å². The summed E-state index contributed by atoms with van der Waals surface area (Å²) in [5.74, 6) is 0. The second kappa shape index (κ2) is 2.86. The van der Waals surface area contributed by atoms with Crippen LogP contribution < -0.4 is 0 Å². The van der Waals surface area contributed by atoms with Gasteiger partial charge in [-0.25, -0.2) is 0 Å². The number of hydrogen-bond donors (Lipinski definition) is 1. The van der Waals surface area contributed by atoms with E-state index < -0.39 is 0 Å². The Morgan fingerprint density at radius 1 is 0.833 bits per heavy atom. The molecule has 0 aliphatic carbocycles. The average Bonchev–Trinajstić information content (AvgIpc) is 1.85. The van der Waals surface area contributed by atoms with Crippen molar-refractivity contribution in [2.75, 3.05) is 0 Å². The van der Waals surface area contributed by atoms with E-state index in [4.69, 9.17) is 5.41 Å². The SMILES string of the molecule is CC(C)(C)C(C)(C)C(C)(C)C=N. The largest absolute Gasteiger partial charge is 0.313 e. The van der Waals surface area contributed by atoms with Crippen LogP contribution in [0.3, 0.4) is 0 Å². The second-order valence-corrected chi connectivity index (χ2v) is 5.74. The molecule has 0 unspecified atom stereocenters. The van der Waals surface area contributed by atoms with Gasteiger partial charge in [0.25, 0.3) is 0 Å². The highest BCUT2D eigenvalue weighted by atomic mass is 14.5. The second-order valence-electron chi connectivity index (χ2n) is 5.74. The zero-order valence-electron chi connectivity index (χ0n) is 9.58. The van der Waals surface area contributed by atoms with Crippen molar-refractivity contribution in [3.05, 3.63) is 0 Å². The molecule has 1 N–H and O–H groups in total. The van der Waals surface area contributed by atoms with Crippen LogP contribution in [0.2, 0.25) is 0 Å². The van der Waals surface area contributed by atoms with Crippen molar-refractivity contribution in [3.8, 4) is 0 Å². The summed E-state index contributed by atoms with van der Waals surface area (Å²) in [6, 6.07) is 0. The van der Waals surface area contributed by atoms with Crippen LogP contribution in [0.1, 0.15) is 48.5 Å². The van der Waals surface area contributed by atoms with Gasteiger partial charge < -0.3 is 5.41 Å². The topological polar surface area (TPSA) is 23.9 Å². The third-order valence-corrected chi connectivity index (χ3v) is 3.85. The summed E-state index contributed by atoms with van der Waals surface area (Å²) in [5, 5.41) is 7.42. The van der Waals surface area contributed by atoms with Gasteiger partial charge >= 0.3 is 0 Å². The first-order valence-electron chi connectivity index (χ1n) is 4.58. The molecule has 0 aromatic carbocycles. The summed E-state index contributed by atoms with van der Waals surface area (Å²) in [7, 11) is 0. The van der Waals surface area contributed by atoms with Crippen LogP contribution in [-0.4, -0.2) is 6.21 Å². The van der Waals surface area contributed by atoms with Gasteiger partial charge in [0.2, 0.25) is 0 Å². The molecule has 0 aliphatic rings. The lowest BCUT2D eigenvalue weighted by molar-refractivity contribution is 0.0410. The maximum absolute atomic E-state index is 7.42. The summed E-state index contributed by atoms with van der Waals surface area (Å²) in [4.78, 5) is 0. The molecule has 0 fully saturated rings. The number of hydrogen-bond acceptors (Lipinski definition) is 1. The number of rotatable bonds is 2. The molecule has 0 saturated heterocycles. The fraction of sp³-hybridized carbons (Fsp3) is 0.909. The van der Waals surface area contributed by atoms with Crippen molar-refractivity contribution in [1.82, 2.24) is 0 Å². The van der Waals surface area contributed by atoms with Crippen LogP contribution in [0.4, 0.5) is 0 Å². The highest BCUT2D eigenvalue weighted by Gasteiger charge is 2.44. The Morgan fingerprint density at radius 2 is 1.17 bits per heavy atom.